The molecule has 0 fully saturated rings. The number of hydrogen-bond acceptors (Lipinski definition) is 2. The Hall–Kier alpha value is -3.78. The second kappa shape index (κ2) is 12.7. The van der Waals surface area contributed by atoms with Gasteiger partial charge in [-0.25, -0.2) is 0 Å². The number of benzene rings is 2. The number of anilines is 1. The summed E-state index contributed by atoms with van der Waals surface area (Å²) in [6, 6.07) is 18.4. The molecule has 2 nitrogen and oxygen atoms in total. The molecule has 0 aliphatic rings. The van der Waals surface area contributed by atoms with Crippen molar-refractivity contribution < 1.29 is 0 Å². The van der Waals surface area contributed by atoms with Gasteiger partial charge in [0.1, 0.15) is 0 Å². The van der Waals surface area contributed by atoms with Crippen LogP contribution >= 0.6 is 0 Å². The molecule has 0 saturated heterocycles. The summed E-state index contributed by atoms with van der Waals surface area (Å²) in [6.45, 7) is 12.2. The predicted octanol–water partition coefficient (Wildman–Crippen LogP) is 7.35. The van der Waals surface area contributed by atoms with Gasteiger partial charge in [-0.05, 0) is 43.5 Å². The third-order valence-electron chi connectivity index (χ3n) is 4.68. The lowest BCUT2D eigenvalue weighted by molar-refractivity contribution is 1.20. The molecule has 158 valence electrons. The van der Waals surface area contributed by atoms with Crippen LogP contribution in [-0.2, 0) is 6.42 Å². The second-order valence-electron chi connectivity index (χ2n) is 6.96. The van der Waals surface area contributed by atoms with Gasteiger partial charge in [-0.1, -0.05) is 104 Å². The van der Waals surface area contributed by atoms with Crippen LogP contribution < -0.4 is 11.1 Å². The molecule has 0 spiro atoms. The Labute approximate surface area is 187 Å². The van der Waals surface area contributed by atoms with Gasteiger partial charge in [-0.3, -0.25) is 0 Å². The molecule has 0 aliphatic heterocycles. The van der Waals surface area contributed by atoms with Crippen LogP contribution in [0.25, 0.3) is 5.57 Å². The smallest absolute Gasteiger partial charge is 0.0475 e. The molecule has 0 unspecified atom stereocenters. The maximum Gasteiger partial charge on any atom is 0.0475 e. The van der Waals surface area contributed by atoms with Crippen LogP contribution in [0.5, 0.6) is 0 Å². The highest BCUT2D eigenvalue weighted by Crippen LogP contribution is 2.27. The highest BCUT2D eigenvalue weighted by Gasteiger charge is 2.09. The molecule has 0 heterocycles. The fourth-order valence-electron chi connectivity index (χ4n) is 3.09. The largest absolute Gasteiger partial charge is 0.398 e. The third kappa shape index (κ3) is 7.20. The zero-order valence-electron chi connectivity index (χ0n) is 18.5. The van der Waals surface area contributed by atoms with Crippen LogP contribution in [0, 0.1) is 0 Å². The average Bonchev–Trinajstić information content (AvgIpc) is 2.79. The van der Waals surface area contributed by atoms with E-state index in [1.807, 2.05) is 92.8 Å². The van der Waals surface area contributed by atoms with Gasteiger partial charge in [0, 0.05) is 28.2 Å². The van der Waals surface area contributed by atoms with Crippen LogP contribution in [0.2, 0.25) is 0 Å². The maximum absolute atomic E-state index is 6.46. The van der Waals surface area contributed by atoms with Crippen molar-refractivity contribution in [3.8, 4) is 0 Å². The molecule has 0 amide bonds. The fourth-order valence-corrected chi connectivity index (χ4v) is 3.09. The molecule has 0 atom stereocenters. The molecule has 2 aromatic rings. The summed E-state index contributed by atoms with van der Waals surface area (Å²) in [5, 5.41) is 3.54. The standard InChI is InChI=1S/C29H32N2/c1-5-8-10-16-23(4)26-19-13-14-20-29(26)31-28(15-6-2)25(7-3)27(30)22-21-24-17-11-9-12-18-24/h5-20,22,31H,3-4,21,30H2,1-2H3/b8-5-,15-6-,16-10-,27-22-,28-25-. The summed E-state index contributed by atoms with van der Waals surface area (Å²) in [6.07, 6.45) is 16.5. The Kier molecular flexibility index (Phi) is 9.64. The summed E-state index contributed by atoms with van der Waals surface area (Å²) in [7, 11) is 0. The van der Waals surface area contributed by atoms with Gasteiger partial charge in [-0.15, -0.1) is 0 Å². The summed E-state index contributed by atoms with van der Waals surface area (Å²) in [5.74, 6) is 0. The van der Waals surface area contributed by atoms with Crippen molar-refractivity contribution in [2.75, 3.05) is 5.32 Å². The molecule has 0 bridgehead atoms. The Morgan fingerprint density at radius 1 is 0.935 bits per heavy atom. The lowest BCUT2D eigenvalue weighted by atomic mass is 10.0. The SMILES string of the molecule is C=CC(/C(N)=C/Cc1ccccc1)=C(\C=C/C)Nc1ccccc1C(=C)/C=C\C=C/C. The predicted molar refractivity (Wildman–Crippen MR) is 138 cm³/mol. The number of para-hydroxylation sites is 1. The molecule has 31 heavy (non-hydrogen) atoms. The topological polar surface area (TPSA) is 38.0 Å². The number of rotatable bonds is 10. The highest BCUT2D eigenvalue weighted by molar-refractivity contribution is 5.82. The van der Waals surface area contributed by atoms with Crippen molar-refractivity contribution in [1.82, 2.24) is 0 Å². The first-order valence-corrected chi connectivity index (χ1v) is 10.4. The van der Waals surface area contributed by atoms with E-state index in [1.54, 1.807) is 6.08 Å². The molecular weight excluding hydrogens is 376 g/mol. The van der Waals surface area contributed by atoms with Gasteiger partial charge < -0.3 is 11.1 Å². The van der Waals surface area contributed by atoms with Gasteiger partial charge in [-0.2, -0.15) is 0 Å². The van der Waals surface area contributed by atoms with Crippen LogP contribution in [0.3, 0.4) is 0 Å². The Morgan fingerprint density at radius 3 is 2.32 bits per heavy atom. The first-order valence-electron chi connectivity index (χ1n) is 10.4. The first kappa shape index (κ1) is 23.5. The summed E-state index contributed by atoms with van der Waals surface area (Å²) in [4.78, 5) is 0. The van der Waals surface area contributed by atoms with Crippen molar-refractivity contribution in [1.29, 1.82) is 0 Å². The van der Waals surface area contributed by atoms with Crippen molar-refractivity contribution >= 4 is 11.3 Å². The second-order valence-corrected chi connectivity index (χ2v) is 6.96. The van der Waals surface area contributed by atoms with E-state index in [1.165, 1.54) is 5.56 Å². The van der Waals surface area contributed by atoms with Gasteiger partial charge >= 0.3 is 0 Å². The Balaban J connectivity index is 2.39. The van der Waals surface area contributed by atoms with E-state index in [0.29, 0.717) is 5.70 Å². The van der Waals surface area contributed by atoms with E-state index in [-0.39, 0.29) is 0 Å². The summed E-state index contributed by atoms with van der Waals surface area (Å²) in [5.41, 5.74) is 13.0. The molecule has 2 aromatic carbocycles. The van der Waals surface area contributed by atoms with Gasteiger partial charge in [0.15, 0.2) is 0 Å². The lowest BCUT2D eigenvalue weighted by Gasteiger charge is -2.16. The number of nitrogens with two attached hydrogens (primary N) is 1. The minimum absolute atomic E-state index is 0.684. The zero-order chi connectivity index (χ0) is 22.5. The quantitative estimate of drug-likeness (QED) is 0.403. The average molecular weight is 409 g/mol. The lowest BCUT2D eigenvalue weighted by Crippen LogP contribution is -2.09. The van der Waals surface area contributed by atoms with Gasteiger partial charge in [0.25, 0.3) is 0 Å². The number of nitrogens with one attached hydrogen (secondary N) is 1. The van der Waals surface area contributed by atoms with Crippen molar-refractivity contribution in [2.24, 2.45) is 5.73 Å². The number of allylic oxidation sites excluding steroid dienone is 9. The summed E-state index contributed by atoms with van der Waals surface area (Å²) >= 11 is 0. The fraction of sp³-hybridized carbons (Fsp3) is 0.103. The first-order chi connectivity index (χ1) is 15.1. The molecule has 0 saturated carbocycles. The maximum atomic E-state index is 6.46. The van der Waals surface area contributed by atoms with E-state index in [0.717, 1.165) is 34.5 Å². The van der Waals surface area contributed by atoms with Gasteiger partial charge in [0.05, 0.1) is 0 Å². The molecule has 0 aromatic heterocycles. The molecule has 0 aliphatic carbocycles. The normalized spacial score (nSPS) is 13.0. The van der Waals surface area contributed by atoms with E-state index < -0.39 is 0 Å². The minimum atomic E-state index is 0.684. The molecule has 2 heteroatoms. The summed E-state index contributed by atoms with van der Waals surface area (Å²) < 4.78 is 0. The highest BCUT2D eigenvalue weighted by atomic mass is 14.9. The Morgan fingerprint density at radius 2 is 1.65 bits per heavy atom. The number of hydrogen-bond donors (Lipinski definition) is 2. The van der Waals surface area contributed by atoms with Crippen LogP contribution in [0.4, 0.5) is 5.69 Å². The monoisotopic (exact) mass is 408 g/mol. The zero-order valence-corrected chi connectivity index (χ0v) is 18.5. The van der Waals surface area contributed by atoms with E-state index in [9.17, 15) is 0 Å². The van der Waals surface area contributed by atoms with Gasteiger partial charge in [0.2, 0.25) is 0 Å². The van der Waals surface area contributed by atoms with Crippen LogP contribution in [0.15, 0.2) is 133 Å². The van der Waals surface area contributed by atoms with Crippen molar-refractivity contribution in [2.45, 2.75) is 20.3 Å². The van der Waals surface area contributed by atoms with E-state index in [2.05, 4.69) is 36.7 Å². The molecule has 0 radical (unpaired) electrons. The van der Waals surface area contributed by atoms with Crippen LogP contribution in [0.1, 0.15) is 25.0 Å². The molecular formula is C29H32N2. The Bertz CT molecular complexity index is 1030. The molecule has 3 N–H and O–H groups in total. The van der Waals surface area contributed by atoms with E-state index in [4.69, 9.17) is 5.73 Å². The third-order valence-corrected chi connectivity index (χ3v) is 4.68. The minimum Gasteiger partial charge on any atom is -0.398 e. The van der Waals surface area contributed by atoms with Crippen LogP contribution in [-0.4, -0.2) is 0 Å². The van der Waals surface area contributed by atoms with Crippen molar-refractivity contribution in [3.63, 3.8) is 0 Å². The van der Waals surface area contributed by atoms with E-state index >= 15 is 0 Å². The van der Waals surface area contributed by atoms with Crippen molar-refractivity contribution in [3.05, 3.63) is 144 Å². The molecule has 2 rings (SSSR count).